The van der Waals surface area contributed by atoms with Gasteiger partial charge >= 0.3 is 6.03 Å². The minimum absolute atomic E-state index is 0.0418. The highest BCUT2D eigenvalue weighted by atomic mass is 16.5. The summed E-state index contributed by atoms with van der Waals surface area (Å²) in [4.78, 5) is 13.1. The van der Waals surface area contributed by atoms with Gasteiger partial charge in [-0.3, -0.25) is 0 Å². The largest absolute Gasteiger partial charge is 0.378 e. The molecular formula is C12H28N2O2. The molecule has 4 nitrogen and oxygen atoms in total. The van der Waals surface area contributed by atoms with Crippen LogP contribution in [0.4, 0.5) is 4.79 Å². The van der Waals surface area contributed by atoms with Crippen LogP contribution >= 0.6 is 0 Å². The predicted octanol–water partition coefficient (Wildman–Crippen LogP) is 2.49. The number of rotatable bonds is 2. The van der Waals surface area contributed by atoms with Crippen LogP contribution in [0, 0.1) is 0 Å². The summed E-state index contributed by atoms with van der Waals surface area (Å²) in [7, 11) is 0. The Hall–Kier alpha value is -0.770. The zero-order valence-electron chi connectivity index (χ0n) is 11.5. The van der Waals surface area contributed by atoms with Crippen molar-refractivity contribution in [3.63, 3.8) is 0 Å². The Balaban J connectivity index is 0. The molecule has 0 aromatic rings. The molecule has 0 aromatic carbocycles. The first kappa shape index (κ1) is 17.6. The molecule has 1 N–H and O–H groups in total. The summed E-state index contributed by atoms with van der Waals surface area (Å²) in [5, 5.41) is 2.83. The summed E-state index contributed by atoms with van der Waals surface area (Å²) in [6.45, 7) is 13.6. The van der Waals surface area contributed by atoms with Gasteiger partial charge < -0.3 is 15.0 Å². The molecule has 0 saturated carbocycles. The molecule has 4 heteroatoms. The average molecular weight is 232 g/mol. The maximum absolute atomic E-state index is 11.3. The Morgan fingerprint density at radius 3 is 2.12 bits per heavy atom. The third-order valence-corrected chi connectivity index (χ3v) is 1.82. The SMILES string of the molecule is CC.CC.CCCNC(=O)N1CCOCC1. The van der Waals surface area contributed by atoms with Gasteiger partial charge in [0.15, 0.2) is 0 Å². The molecule has 16 heavy (non-hydrogen) atoms. The molecule has 0 atom stereocenters. The molecule has 0 bridgehead atoms. The summed E-state index contributed by atoms with van der Waals surface area (Å²) < 4.78 is 5.13. The number of ether oxygens (including phenoxy) is 1. The van der Waals surface area contributed by atoms with E-state index in [2.05, 4.69) is 5.32 Å². The van der Waals surface area contributed by atoms with Crippen molar-refractivity contribution in [2.75, 3.05) is 32.8 Å². The third-order valence-electron chi connectivity index (χ3n) is 1.82. The van der Waals surface area contributed by atoms with Crippen LogP contribution < -0.4 is 5.32 Å². The maximum Gasteiger partial charge on any atom is 0.317 e. The number of amides is 2. The van der Waals surface area contributed by atoms with E-state index in [1.54, 1.807) is 4.90 Å². The van der Waals surface area contributed by atoms with Gasteiger partial charge in [0.2, 0.25) is 0 Å². The van der Waals surface area contributed by atoms with Crippen molar-refractivity contribution in [1.82, 2.24) is 10.2 Å². The van der Waals surface area contributed by atoms with Crippen LogP contribution in [-0.2, 0) is 4.74 Å². The van der Waals surface area contributed by atoms with Gasteiger partial charge in [-0.05, 0) is 6.42 Å². The van der Waals surface area contributed by atoms with E-state index in [1.807, 2.05) is 34.6 Å². The lowest BCUT2D eigenvalue weighted by Crippen LogP contribution is -2.46. The number of nitrogens with one attached hydrogen (secondary N) is 1. The Labute approximate surface area is 100 Å². The summed E-state index contributed by atoms with van der Waals surface area (Å²) in [6.07, 6.45) is 0.982. The van der Waals surface area contributed by atoms with Crippen molar-refractivity contribution >= 4 is 6.03 Å². The second kappa shape index (κ2) is 14.2. The molecule has 0 spiro atoms. The van der Waals surface area contributed by atoms with E-state index in [0.717, 1.165) is 26.1 Å². The highest BCUT2D eigenvalue weighted by Gasteiger charge is 2.15. The average Bonchev–Trinajstić information content (AvgIpc) is 2.41. The van der Waals surface area contributed by atoms with E-state index in [0.29, 0.717) is 13.2 Å². The fraction of sp³-hybridized carbons (Fsp3) is 0.917. The van der Waals surface area contributed by atoms with E-state index in [-0.39, 0.29) is 6.03 Å². The van der Waals surface area contributed by atoms with Gasteiger partial charge in [0.25, 0.3) is 0 Å². The maximum atomic E-state index is 11.3. The topological polar surface area (TPSA) is 41.6 Å². The molecule has 98 valence electrons. The molecule has 0 unspecified atom stereocenters. The summed E-state index contributed by atoms with van der Waals surface area (Å²) in [5.74, 6) is 0. The third kappa shape index (κ3) is 8.53. The molecule has 0 radical (unpaired) electrons. The first-order chi connectivity index (χ1) is 7.84. The lowest BCUT2D eigenvalue weighted by molar-refractivity contribution is 0.0532. The van der Waals surface area contributed by atoms with Crippen LogP contribution in [0.1, 0.15) is 41.0 Å². The Morgan fingerprint density at radius 2 is 1.69 bits per heavy atom. The van der Waals surface area contributed by atoms with Gasteiger partial charge in [-0.25, -0.2) is 4.79 Å². The molecule has 1 aliphatic heterocycles. The molecule has 1 rings (SSSR count). The van der Waals surface area contributed by atoms with E-state index >= 15 is 0 Å². The van der Waals surface area contributed by atoms with Crippen molar-refractivity contribution < 1.29 is 9.53 Å². The normalized spacial score (nSPS) is 13.9. The van der Waals surface area contributed by atoms with Gasteiger partial charge in [0.05, 0.1) is 13.2 Å². The van der Waals surface area contributed by atoms with Crippen molar-refractivity contribution in [2.45, 2.75) is 41.0 Å². The predicted molar refractivity (Wildman–Crippen MR) is 68.8 cm³/mol. The van der Waals surface area contributed by atoms with Gasteiger partial charge in [0.1, 0.15) is 0 Å². The first-order valence-corrected chi connectivity index (χ1v) is 6.45. The molecule has 1 saturated heterocycles. The zero-order valence-corrected chi connectivity index (χ0v) is 11.5. The minimum atomic E-state index is 0.0418. The lowest BCUT2D eigenvalue weighted by Gasteiger charge is -2.26. The summed E-state index contributed by atoms with van der Waals surface area (Å²) in [5.41, 5.74) is 0. The standard InChI is InChI=1S/C8H16N2O2.2C2H6/c1-2-3-9-8(11)10-4-6-12-7-5-10;2*1-2/h2-7H2,1H3,(H,9,11);2*1-2H3. The number of carbonyl (C=O) groups is 1. The highest BCUT2D eigenvalue weighted by molar-refractivity contribution is 5.74. The van der Waals surface area contributed by atoms with Crippen molar-refractivity contribution in [1.29, 1.82) is 0 Å². The number of hydrogen-bond donors (Lipinski definition) is 1. The van der Waals surface area contributed by atoms with Crippen LogP contribution in [0.2, 0.25) is 0 Å². The van der Waals surface area contributed by atoms with E-state index < -0.39 is 0 Å². The van der Waals surface area contributed by atoms with E-state index in [4.69, 9.17) is 4.74 Å². The number of carbonyl (C=O) groups excluding carboxylic acids is 1. The fourth-order valence-corrected chi connectivity index (χ4v) is 1.11. The number of nitrogens with zero attached hydrogens (tertiary/aromatic N) is 1. The van der Waals surface area contributed by atoms with Crippen LogP contribution in [-0.4, -0.2) is 43.8 Å². The Kier molecular flexibility index (Phi) is 15.7. The second-order valence-electron chi connectivity index (χ2n) is 2.83. The molecule has 2 amide bonds. The van der Waals surface area contributed by atoms with Gasteiger partial charge in [-0.1, -0.05) is 34.6 Å². The molecule has 1 heterocycles. The molecule has 0 aliphatic carbocycles. The first-order valence-electron chi connectivity index (χ1n) is 6.45. The van der Waals surface area contributed by atoms with Crippen molar-refractivity contribution in [3.8, 4) is 0 Å². The summed E-state index contributed by atoms with van der Waals surface area (Å²) >= 11 is 0. The molecule has 1 aliphatic rings. The van der Waals surface area contributed by atoms with E-state index in [1.165, 1.54) is 0 Å². The smallest absolute Gasteiger partial charge is 0.317 e. The fourth-order valence-electron chi connectivity index (χ4n) is 1.11. The number of hydrogen-bond acceptors (Lipinski definition) is 2. The number of urea groups is 1. The number of morpholine rings is 1. The van der Waals surface area contributed by atoms with Gasteiger partial charge in [0, 0.05) is 19.6 Å². The Morgan fingerprint density at radius 1 is 1.19 bits per heavy atom. The van der Waals surface area contributed by atoms with Gasteiger partial charge in [-0.2, -0.15) is 0 Å². The minimum Gasteiger partial charge on any atom is -0.378 e. The molecule has 1 fully saturated rings. The molecular weight excluding hydrogens is 204 g/mol. The van der Waals surface area contributed by atoms with Crippen LogP contribution in [0.3, 0.4) is 0 Å². The molecule has 0 aromatic heterocycles. The quantitative estimate of drug-likeness (QED) is 0.794. The van der Waals surface area contributed by atoms with Crippen molar-refractivity contribution in [2.24, 2.45) is 0 Å². The van der Waals surface area contributed by atoms with E-state index in [9.17, 15) is 4.79 Å². The Bertz CT molecular complexity index is 146. The van der Waals surface area contributed by atoms with Gasteiger partial charge in [-0.15, -0.1) is 0 Å². The van der Waals surface area contributed by atoms with Crippen LogP contribution in [0.25, 0.3) is 0 Å². The van der Waals surface area contributed by atoms with Crippen LogP contribution in [0.5, 0.6) is 0 Å². The zero-order chi connectivity index (χ0) is 12.8. The second-order valence-corrected chi connectivity index (χ2v) is 2.83. The summed E-state index contributed by atoms with van der Waals surface area (Å²) in [6, 6.07) is 0.0418. The lowest BCUT2D eigenvalue weighted by atomic mass is 10.4. The monoisotopic (exact) mass is 232 g/mol. The van der Waals surface area contributed by atoms with Crippen molar-refractivity contribution in [3.05, 3.63) is 0 Å². The van der Waals surface area contributed by atoms with Crippen LogP contribution in [0.15, 0.2) is 0 Å². The highest BCUT2D eigenvalue weighted by Crippen LogP contribution is 1.96.